The Morgan fingerprint density at radius 3 is 2.32 bits per heavy atom. The molecule has 1 N–H and O–H groups in total. The number of aromatic hydroxyl groups is 1. The Morgan fingerprint density at radius 1 is 0.968 bits per heavy atom. The fraction of sp³-hybridized carbons (Fsp3) is 0.154. The molecule has 5 heteroatoms. The maximum absolute atomic E-state index is 13.0. The van der Waals surface area contributed by atoms with Gasteiger partial charge < -0.3 is 14.3 Å². The number of para-hydroxylation sites is 1. The second-order valence-corrected chi connectivity index (χ2v) is 7.43. The molecule has 3 aromatic carbocycles. The van der Waals surface area contributed by atoms with Gasteiger partial charge in [0.2, 0.25) is 0 Å². The van der Waals surface area contributed by atoms with Crippen LogP contribution in [0.4, 0.5) is 0 Å². The molecule has 0 saturated carbocycles. The molecule has 4 rings (SSSR count). The van der Waals surface area contributed by atoms with Crippen molar-refractivity contribution >= 4 is 16.8 Å². The van der Waals surface area contributed by atoms with Gasteiger partial charge in [-0.1, -0.05) is 66.7 Å². The molecule has 0 aliphatic carbocycles. The summed E-state index contributed by atoms with van der Waals surface area (Å²) in [5.74, 6) is -0.518. The van der Waals surface area contributed by atoms with E-state index in [2.05, 4.69) is 0 Å². The maximum Gasteiger partial charge on any atom is 0.343 e. The van der Waals surface area contributed by atoms with Gasteiger partial charge in [0.25, 0.3) is 0 Å². The van der Waals surface area contributed by atoms with Crippen molar-refractivity contribution in [3.8, 4) is 11.5 Å². The molecule has 0 bridgehead atoms. The molecule has 0 aliphatic heterocycles. The monoisotopic (exact) mass is 414 g/mol. The number of Topliss-reactive ketones (excluding diaryl/α,β-unsaturated/α-hetero) is 1. The third-order valence-electron chi connectivity index (χ3n) is 5.18. The van der Waals surface area contributed by atoms with Crippen LogP contribution in [0.15, 0.2) is 88.1 Å². The standard InChI is InChI=1S/C26H22O5/c1-17(27)15-21(19-11-6-3-7-12-19)23-24(28)20-13-8-14-22(25(20)31-26(23)29)30-16-18-9-4-2-5-10-18/h2-14,21,28H,15-16H2,1H3/t21-/m1/s1. The number of carbonyl (C=O) groups excluding carboxylic acids is 1. The van der Waals surface area contributed by atoms with Crippen LogP contribution in [0, 0.1) is 0 Å². The highest BCUT2D eigenvalue weighted by atomic mass is 16.5. The first-order chi connectivity index (χ1) is 15.0. The van der Waals surface area contributed by atoms with Crippen molar-refractivity contribution in [1.82, 2.24) is 0 Å². The first-order valence-corrected chi connectivity index (χ1v) is 10.0. The zero-order valence-corrected chi connectivity index (χ0v) is 17.1. The molecule has 156 valence electrons. The summed E-state index contributed by atoms with van der Waals surface area (Å²) in [7, 11) is 0. The van der Waals surface area contributed by atoms with E-state index >= 15 is 0 Å². The van der Waals surface area contributed by atoms with Gasteiger partial charge in [-0.3, -0.25) is 4.79 Å². The summed E-state index contributed by atoms with van der Waals surface area (Å²) >= 11 is 0. The van der Waals surface area contributed by atoms with Crippen LogP contribution in [-0.4, -0.2) is 10.9 Å². The highest BCUT2D eigenvalue weighted by molar-refractivity contribution is 5.89. The number of hydrogen-bond donors (Lipinski definition) is 1. The van der Waals surface area contributed by atoms with Crippen LogP contribution >= 0.6 is 0 Å². The minimum atomic E-state index is -0.684. The average Bonchev–Trinajstić information content (AvgIpc) is 2.78. The van der Waals surface area contributed by atoms with E-state index in [1.807, 2.05) is 60.7 Å². The molecule has 0 spiro atoms. The lowest BCUT2D eigenvalue weighted by molar-refractivity contribution is -0.117. The van der Waals surface area contributed by atoms with Gasteiger partial charge in [0.15, 0.2) is 11.3 Å². The van der Waals surface area contributed by atoms with Crippen molar-refractivity contribution in [2.75, 3.05) is 0 Å². The van der Waals surface area contributed by atoms with Crippen molar-refractivity contribution < 1.29 is 19.1 Å². The minimum absolute atomic E-state index is 0.0779. The molecule has 0 saturated heterocycles. The Balaban J connectivity index is 1.79. The SMILES string of the molecule is CC(=O)C[C@H](c1ccccc1)c1c(O)c2cccc(OCc3ccccc3)c2oc1=O. The number of benzene rings is 3. The van der Waals surface area contributed by atoms with Crippen LogP contribution in [0.3, 0.4) is 0 Å². The van der Waals surface area contributed by atoms with Crippen LogP contribution in [0.2, 0.25) is 0 Å². The van der Waals surface area contributed by atoms with E-state index < -0.39 is 11.5 Å². The number of rotatable bonds is 7. The summed E-state index contributed by atoms with van der Waals surface area (Å²) in [5, 5.41) is 11.4. The fourth-order valence-corrected chi connectivity index (χ4v) is 3.71. The molecule has 0 amide bonds. The Hall–Kier alpha value is -3.86. The summed E-state index contributed by atoms with van der Waals surface area (Å²) in [6.07, 6.45) is 0.0814. The lowest BCUT2D eigenvalue weighted by Gasteiger charge is -2.18. The Labute approximate surface area is 179 Å². The van der Waals surface area contributed by atoms with Gasteiger partial charge in [-0.05, 0) is 30.2 Å². The van der Waals surface area contributed by atoms with E-state index in [0.29, 0.717) is 17.7 Å². The Morgan fingerprint density at radius 2 is 1.65 bits per heavy atom. The average molecular weight is 414 g/mol. The molecule has 1 heterocycles. The van der Waals surface area contributed by atoms with Crippen molar-refractivity contribution in [1.29, 1.82) is 0 Å². The maximum atomic E-state index is 13.0. The number of hydrogen-bond acceptors (Lipinski definition) is 5. The Bertz CT molecular complexity index is 1260. The molecule has 5 nitrogen and oxygen atoms in total. The van der Waals surface area contributed by atoms with Gasteiger partial charge in [0.1, 0.15) is 18.1 Å². The quantitative estimate of drug-likeness (QED) is 0.421. The third kappa shape index (κ3) is 4.36. The van der Waals surface area contributed by atoms with Gasteiger partial charge in [-0.15, -0.1) is 0 Å². The number of carbonyl (C=O) groups is 1. The second-order valence-electron chi connectivity index (χ2n) is 7.43. The second kappa shape index (κ2) is 8.88. The molecule has 4 aromatic rings. The summed E-state index contributed by atoms with van der Waals surface area (Å²) < 4.78 is 11.5. The number of ketones is 1. The summed E-state index contributed by atoms with van der Waals surface area (Å²) in [5.41, 5.74) is 1.30. The van der Waals surface area contributed by atoms with Crippen molar-refractivity contribution in [2.45, 2.75) is 25.9 Å². The van der Waals surface area contributed by atoms with E-state index in [4.69, 9.17) is 9.15 Å². The van der Waals surface area contributed by atoms with Gasteiger partial charge >= 0.3 is 5.63 Å². The molecule has 1 aromatic heterocycles. The molecule has 31 heavy (non-hydrogen) atoms. The molecular weight excluding hydrogens is 392 g/mol. The lowest BCUT2D eigenvalue weighted by atomic mass is 9.87. The van der Waals surface area contributed by atoms with E-state index in [1.165, 1.54) is 6.92 Å². The smallest absolute Gasteiger partial charge is 0.343 e. The van der Waals surface area contributed by atoms with Gasteiger partial charge in [-0.25, -0.2) is 4.79 Å². The van der Waals surface area contributed by atoms with E-state index in [9.17, 15) is 14.7 Å². The minimum Gasteiger partial charge on any atom is -0.507 e. The van der Waals surface area contributed by atoms with Gasteiger partial charge in [0, 0.05) is 12.3 Å². The molecular formula is C26H22O5. The first-order valence-electron chi connectivity index (χ1n) is 10.0. The van der Waals surface area contributed by atoms with Gasteiger partial charge in [0.05, 0.1) is 10.9 Å². The van der Waals surface area contributed by atoms with Crippen molar-refractivity contribution in [3.05, 3.63) is 106 Å². The van der Waals surface area contributed by atoms with E-state index in [-0.39, 0.29) is 29.1 Å². The lowest BCUT2D eigenvalue weighted by Crippen LogP contribution is -2.16. The van der Waals surface area contributed by atoms with Crippen LogP contribution in [-0.2, 0) is 11.4 Å². The van der Waals surface area contributed by atoms with Crippen LogP contribution < -0.4 is 10.4 Å². The fourth-order valence-electron chi connectivity index (χ4n) is 3.71. The largest absolute Gasteiger partial charge is 0.507 e. The van der Waals surface area contributed by atoms with Crippen molar-refractivity contribution in [3.63, 3.8) is 0 Å². The summed E-state index contributed by atoms with van der Waals surface area (Å²) in [6, 6.07) is 23.9. The topological polar surface area (TPSA) is 76.7 Å². The van der Waals surface area contributed by atoms with E-state index in [1.54, 1.807) is 18.2 Å². The summed E-state index contributed by atoms with van der Waals surface area (Å²) in [6.45, 7) is 1.76. The highest BCUT2D eigenvalue weighted by Gasteiger charge is 2.26. The van der Waals surface area contributed by atoms with Crippen LogP contribution in [0.5, 0.6) is 11.5 Å². The molecule has 1 atom stereocenters. The number of fused-ring (bicyclic) bond motifs is 1. The highest BCUT2D eigenvalue weighted by Crippen LogP contribution is 2.38. The molecule has 0 radical (unpaired) electrons. The normalized spacial score (nSPS) is 11.9. The van der Waals surface area contributed by atoms with Crippen LogP contribution in [0.1, 0.15) is 36.0 Å². The zero-order valence-electron chi connectivity index (χ0n) is 17.1. The zero-order chi connectivity index (χ0) is 21.8. The van der Waals surface area contributed by atoms with E-state index in [0.717, 1.165) is 11.1 Å². The summed E-state index contributed by atoms with van der Waals surface area (Å²) in [4.78, 5) is 24.9. The van der Waals surface area contributed by atoms with Crippen molar-refractivity contribution in [2.24, 2.45) is 0 Å². The molecule has 0 unspecified atom stereocenters. The van der Waals surface area contributed by atoms with Crippen LogP contribution in [0.25, 0.3) is 11.0 Å². The third-order valence-corrected chi connectivity index (χ3v) is 5.18. The molecule has 0 fully saturated rings. The number of ether oxygens (including phenoxy) is 1. The van der Waals surface area contributed by atoms with Gasteiger partial charge in [-0.2, -0.15) is 0 Å². The predicted octanol–water partition coefficient (Wildman–Crippen LogP) is 5.19. The predicted molar refractivity (Wildman–Crippen MR) is 119 cm³/mol. The first kappa shape index (κ1) is 20.4. The molecule has 0 aliphatic rings. The Kier molecular flexibility index (Phi) is 5.85.